The van der Waals surface area contributed by atoms with E-state index in [-0.39, 0.29) is 0 Å². The van der Waals surface area contributed by atoms with Crippen molar-refractivity contribution in [3.05, 3.63) is 40.5 Å². The maximum atomic E-state index is 5.98. The van der Waals surface area contributed by atoms with Crippen molar-refractivity contribution in [2.75, 3.05) is 0 Å². The van der Waals surface area contributed by atoms with Crippen LogP contribution < -0.4 is 4.74 Å². The van der Waals surface area contributed by atoms with Crippen molar-refractivity contribution in [2.24, 2.45) is 7.05 Å². The number of ether oxygens (including phenoxy) is 1. The molecule has 0 bridgehead atoms. The van der Waals surface area contributed by atoms with Crippen LogP contribution in [0.25, 0.3) is 0 Å². The van der Waals surface area contributed by atoms with Crippen molar-refractivity contribution in [3.8, 4) is 11.6 Å². The molecule has 0 saturated heterocycles. The van der Waals surface area contributed by atoms with Gasteiger partial charge in [0.2, 0.25) is 5.88 Å². The highest BCUT2D eigenvalue weighted by Gasteiger charge is 2.08. The molecule has 0 aliphatic carbocycles. The van der Waals surface area contributed by atoms with Gasteiger partial charge in [0.15, 0.2) is 0 Å². The van der Waals surface area contributed by atoms with E-state index in [0.717, 1.165) is 0 Å². The van der Waals surface area contributed by atoms with E-state index in [0.29, 0.717) is 21.7 Å². The normalized spacial score (nSPS) is 10.3. The van der Waals surface area contributed by atoms with Gasteiger partial charge in [0.1, 0.15) is 10.8 Å². The fourth-order valence-electron chi connectivity index (χ4n) is 1.14. The number of hydrogen-bond donors (Lipinski definition) is 0. The molecule has 3 nitrogen and oxygen atoms in total. The Kier molecular flexibility index (Phi) is 2.84. The van der Waals surface area contributed by atoms with Crippen LogP contribution in [0.4, 0.5) is 0 Å². The van der Waals surface area contributed by atoms with E-state index in [9.17, 15) is 0 Å². The number of aryl methyl sites for hydroxylation is 1. The van der Waals surface area contributed by atoms with Crippen molar-refractivity contribution >= 4 is 23.2 Å². The van der Waals surface area contributed by atoms with Crippen molar-refractivity contribution < 1.29 is 4.74 Å². The van der Waals surface area contributed by atoms with Gasteiger partial charge in [0, 0.05) is 13.1 Å². The Hall–Kier alpha value is -1.19. The summed E-state index contributed by atoms with van der Waals surface area (Å²) in [7, 11) is 1.79. The molecule has 0 atom stereocenters. The van der Waals surface area contributed by atoms with Crippen LogP contribution in [0.3, 0.4) is 0 Å². The van der Waals surface area contributed by atoms with Gasteiger partial charge in [-0.15, -0.1) is 0 Å². The fraction of sp³-hybridized carbons (Fsp3) is 0.100. The summed E-state index contributed by atoms with van der Waals surface area (Å²) in [5, 5.41) is 4.85. The first-order chi connectivity index (χ1) is 7.18. The topological polar surface area (TPSA) is 27.1 Å². The van der Waals surface area contributed by atoms with Gasteiger partial charge < -0.3 is 4.74 Å². The van der Waals surface area contributed by atoms with Crippen LogP contribution in [0.15, 0.2) is 30.5 Å². The van der Waals surface area contributed by atoms with Crippen LogP contribution in [0.5, 0.6) is 11.6 Å². The average Bonchev–Trinajstić information content (AvgIpc) is 2.60. The van der Waals surface area contributed by atoms with Gasteiger partial charge in [-0.3, -0.25) is 0 Å². The molecule has 0 amide bonds. The Balaban J connectivity index is 2.33. The van der Waals surface area contributed by atoms with E-state index in [4.69, 9.17) is 27.9 Å². The summed E-state index contributed by atoms with van der Waals surface area (Å²) >= 11 is 11.8. The van der Waals surface area contributed by atoms with Gasteiger partial charge in [-0.1, -0.05) is 29.3 Å². The fourth-order valence-corrected chi connectivity index (χ4v) is 1.47. The highest BCUT2D eigenvalue weighted by atomic mass is 35.5. The maximum Gasteiger partial charge on any atom is 0.217 e. The molecule has 78 valence electrons. The molecule has 0 unspecified atom stereocenters. The van der Waals surface area contributed by atoms with Gasteiger partial charge in [0.05, 0.1) is 11.2 Å². The van der Waals surface area contributed by atoms with Crippen molar-refractivity contribution in [3.63, 3.8) is 0 Å². The number of aromatic nitrogens is 2. The van der Waals surface area contributed by atoms with Gasteiger partial charge in [0.25, 0.3) is 0 Å². The second-order valence-corrected chi connectivity index (χ2v) is 3.73. The number of rotatable bonds is 2. The minimum absolute atomic E-state index is 0.403. The third-order valence-corrected chi connectivity index (χ3v) is 2.71. The third-order valence-electron chi connectivity index (χ3n) is 1.91. The predicted octanol–water partition coefficient (Wildman–Crippen LogP) is 3.52. The van der Waals surface area contributed by atoms with Gasteiger partial charge in [-0.2, -0.15) is 5.10 Å². The van der Waals surface area contributed by atoms with Gasteiger partial charge in [-0.25, -0.2) is 4.68 Å². The zero-order valence-corrected chi connectivity index (χ0v) is 9.46. The molecule has 0 spiro atoms. The summed E-state index contributed by atoms with van der Waals surface area (Å²) in [6.07, 6.45) is 1.65. The Morgan fingerprint density at radius 1 is 1.27 bits per heavy atom. The van der Waals surface area contributed by atoms with Crippen molar-refractivity contribution in [1.82, 2.24) is 9.78 Å². The Morgan fingerprint density at radius 2 is 2.07 bits per heavy atom. The summed E-state index contributed by atoms with van der Waals surface area (Å²) in [6, 6.07) is 6.98. The zero-order valence-electron chi connectivity index (χ0n) is 7.95. The molecule has 1 heterocycles. The summed E-state index contributed by atoms with van der Waals surface area (Å²) in [4.78, 5) is 0. The molecular formula is C10H8Cl2N2O. The Morgan fingerprint density at radius 3 is 2.73 bits per heavy atom. The molecule has 1 aromatic heterocycles. The van der Waals surface area contributed by atoms with E-state index in [1.54, 1.807) is 42.2 Å². The molecule has 1 aromatic carbocycles. The molecular weight excluding hydrogens is 235 g/mol. The molecule has 5 heteroatoms. The smallest absolute Gasteiger partial charge is 0.217 e. The monoisotopic (exact) mass is 242 g/mol. The molecule has 0 fully saturated rings. The number of hydrogen-bond acceptors (Lipinski definition) is 2. The van der Waals surface area contributed by atoms with Crippen molar-refractivity contribution in [1.29, 1.82) is 0 Å². The lowest BCUT2D eigenvalue weighted by Crippen LogP contribution is -1.95. The summed E-state index contributed by atoms with van der Waals surface area (Å²) in [5.41, 5.74) is 0. The molecule has 15 heavy (non-hydrogen) atoms. The minimum Gasteiger partial charge on any atom is -0.438 e. The zero-order chi connectivity index (χ0) is 10.8. The lowest BCUT2D eigenvalue weighted by molar-refractivity contribution is 0.431. The first-order valence-electron chi connectivity index (χ1n) is 4.28. The van der Waals surface area contributed by atoms with Crippen LogP contribution in [0.2, 0.25) is 10.0 Å². The van der Waals surface area contributed by atoms with Crippen LogP contribution in [0.1, 0.15) is 0 Å². The van der Waals surface area contributed by atoms with Gasteiger partial charge >= 0.3 is 0 Å². The molecule has 0 N–H and O–H groups in total. The quantitative estimate of drug-likeness (QED) is 0.806. The Bertz CT molecular complexity index is 482. The number of nitrogens with zero attached hydrogens (tertiary/aromatic N) is 2. The molecule has 0 aliphatic rings. The lowest BCUT2D eigenvalue weighted by Gasteiger charge is -2.07. The van der Waals surface area contributed by atoms with Crippen LogP contribution in [-0.2, 0) is 7.05 Å². The van der Waals surface area contributed by atoms with E-state index >= 15 is 0 Å². The van der Waals surface area contributed by atoms with E-state index in [1.165, 1.54) is 0 Å². The maximum absolute atomic E-state index is 5.98. The number of halogens is 2. The molecule has 2 aromatic rings. The molecule has 0 radical (unpaired) electrons. The van der Waals surface area contributed by atoms with Crippen LogP contribution in [0, 0.1) is 0 Å². The molecule has 0 saturated carbocycles. The van der Waals surface area contributed by atoms with Crippen LogP contribution >= 0.6 is 23.2 Å². The summed E-state index contributed by atoms with van der Waals surface area (Å²) < 4.78 is 7.15. The first-order valence-corrected chi connectivity index (χ1v) is 5.04. The van der Waals surface area contributed by atoms with Gasteiger partial charge in [-0.05, 0) is 12.1 Å². The summed E-state index contributed by atoms with van der Waals surface area (Å²) in [6.45, 7) is 0. The second-order valence-electron chi connectivity index (χ2n) is 2.95. The van der Waals surface area contributed by atoms with Crippen LogP contribution in [-0.4, -0.2) is 9.78 Å². The van der Waals surface area contributed by atoms with Crippen molar-refractivity contribution in [2.45, 2.75) is 0 Å². The predicted molar refractivity (Wildman–Crippen MR) is 59.7 cm³/mol. The number of benzene rings is 1. The lowest BCUT2D eigenvalue weighted by atomic mass is 10.3. The highest BCUT2D eigenvalue weighted by molar-refractivity contribution is 6.42. The van der Waals surface area contributed by atoms with E-state index in [2.05, 4.69) is 5.10 Å². The highest BCUT2D eigenvalue weighted by Crippen LogP contribution is 2.34. The Labute approximate surface area is 97.2 Å². The largest absolute Gasteiger partial charge is 0.438 e. The van der Waals surface area contributed by atoms with E-state index < -0.39 is 0 Å². The molecule has 0 aliphatic heterocycles. The van der Waals surface area contributed by atoms with E-state index in [1.807, 2.05) is 0 Å². The SMILES string of the molecule is Cn1nccc1Oc1cccc(Cl)c1Cl. The average molecular weight is 243 g/mol. The molecule has 2 rings (SSSR count). The standard InChI is InChI=1S/C10H8Cl2N2O/c1-14-9(5-6-13-14)15-8-4-2-3-7(11)10(8)12/h2-6H,1H3. The summed E-state index contributed by atoms with van der Waals surface area (Å²) in [5.74, 6) is 1.13. The minimum atomic E-state index is 0.403. The third kappa shape index (κ3) is 2.08. The first kappa shape index (κ1) is 10.3. The second kappa shape index (κ2) is 4.13.